The summed E-state index contributed by atoms with van der Waals surface area (Å²) in [6.45, 7) is 2.06. The first-order valence-electron chi connectivity index (χ1n) is 10.6. The van der Waals surface area contributed by atoms with Crippen LogP contribution in [0.15, 0.2) is 54.6 Å². The highest BCUT2D eigenvalue weighted by Crippen LogP contribution is 2.12. The lowest BCUT2D eigenvalue weighted by molar-refractivity contribution is -0.145. The Kier molecular flexibility index (Phi) is 10.0. The van der Waals surface area contributed by atoms with Gasteiger partial charge in [0.05, 0.1) is 7.11 Å². The van der Waals surface area contributed by atoms with Crippen LogP contribution in [0.2, 0.25) is 0 Å². The van der Waals surface area contributed by atoms with Gasteiger partial charge < -0.3 is 25.2 Å². The zero-order valence-electron chi connectivity index (χ0n) is 18.4. The van der Waals surface area contributed by atoms with E-state index in [1.807, 2.05) is 37.3 Å². The van der Waals surface area contributed by atoms with Gasteiger partial charge in [-0.2, -0.15) is 0 Å². The second-order valence-corrected chi connectivity index (χ2v) is 7.36. The number of hydrogen-bond acceptors (Lipinski definition) is 6. The highest BCUT2D eigenvalue weighted by molar-refractivity contribution is 5.89. The quantitative estimate of drug-likeness (QED) is 0.461. The zero-order valence-corrected chi connectivity index (χ0v) is 18.4. The number of phenols is 1. The first-order valence-corrected chi connectivity index (χ1v) is 10.6. The molecule has 0 radical (unpaired) electrons. The molecule has 0 saturated carbocycles. The van der Waals surface area contributed by atoms with Crippen LogP contribution in [0.25, 0.3) is 0 Å². The number of amides is 2. The average molecular weight is 443 g/mol. The molecule has 0 aliphatic heterocycles. The summed E-state index contributed by atoms with van der Waals surface area (Å²) < 4.78 is 10.0. The number of phenolic OH excluding ortho intramolecular Hbond substituents is 1. The highest BCUT2D eigenvalue weighted by Gasteiger charge is 2.27. The molecule has 0 saturated heterocycles. The summed E-state index contributed by atoms with van der Waals surface area (Å²) in [6, 6.07) is 13.7. The third-order valence-electron chi connectivity index (χ3n) is 4.85. The molecule has 172 valence electrons. The van der Waals surface area contributed by atoms with Crippen molar-refractivity contribution in [2.24, 2.45) is 0 Å². The van der Waals surface area contributed by atoms with Gasteiger partial charge in [-0.15, -0.1) is 0 Å². The Hall–Kier alpha value is -3.55. The van der Waals surface area contributed by atoms with E-state index in [-0.39, 0.29) is 18.8 Å². The first-order chi connectivity index (χ1) is 15.4. The number of esters is 1. The van der Waals surface area contributed by atoms with Crippen LogP contribution in [0.4, 0.5) is 4.79 Å². The van der Waals surface area contributed by atoms with Gasteiger partial charge in [-0.25, -0.2) is 9.59 Å². The van der Waals surface area contributed by atoms with E-state index in [1.165, 1.54) is 19.2 Å². The maximum atomic E-state index is 12.9. The molecule has 8 heteroatoms. The minimum atomic E-state index is -0.941. The predicted octanol–water partition coefficient (Wildman–Crippen LogP) is 3.08. The molecular weight excluding hydrogens is 412 g/mol. The average Bonchev–Trinajstić information content (AvgIpc) is 2.81. The van der Waals surface area contributed by atoms with Gasteiger partial charge in [0.1, 0.15) is 24.4 Å². The van der Waals surface area contributed by atoms with Crippen molar-refractivity contribution in [2.45, 2.75) is 51.3 Å². The molecule has 0 aliphatic rings. The lowest BCUT2D eigenvalue weighted by atomic mass is 10.0. The van der Waals surface area contributed by atoms with Gasteiger partial charge in [-0.05, 0) is 29.7 Å². The fourth-order valence-electron chi connectivity index (χ4n) is 3.06. The Morgan fingerprint density at radius 1 is 0.938 bits per heavy atom. The summed E-state index contributed by atoms with van der Waals surface area (Å²) in [5.41, 5.74) is 1.57. The summed E-state index contributed by atoms with van der Waals surface area (Å²) in [5, 5.41) is 14.7. The van der Waals surface area contributed by atoms with Crippen LogP contribution >= 0.6 is 0 Å². The van der Waals surface area contributed by atoms with Crippen LogP contribution in [0.5, 0.6) is 5.75 Å². The molecule has 2 aromatic rings. The number of aromatic hydroxyl groups is 1. The Morgan fingerprint density at radius 2 is 1.62 bits per heavy atom. The molecule has 0 fully saturated rings. The number of hydrogen-bond donors (Lipinski definition) is 3. The van der Waals surface area contributed by atoms with Gasteiger partial charge in [0.2, 0.25) is 5.91 Å². The maximum Gasteiger partial charge on any atom is 0.408 e. The fourth-order valence-corrected chi connectivity index (χ4v) is 3.06. The second-order valence-electron chi connectivity index (χ2n) is 7.36. The van der Waals surface area contributed by atoms with E-state index in [0.717, 1.165) is 17.5 Å². The molecule has 2 rings (SSSR count). The molecule has 8 nitrogen and oxygen atoms in total. The maximum absolute atomic E-state index is 12.9. The van der Waals surface area contributed by atoms with Crippen molar-refractivity contribution in [1.29, 1.82) is 0 Å². The number of carbonyl (C=O) groups is 3. The lowest BCUT2D eigenvalue weighted by Crippen LogP contribution is -2.52. The molecule has 2 amide bonds. The number of rotatable bonds is 11. The van der Waals surface area contributed by atoms with E-state index in [0.29, 0.717) is 12.8 Å². The Labute approximate surface area is 187 Å². The van der Waals surface area contributed by atoms with Crippen LogP contribution in [0, 0.1) is 0 Å². The minimum Gasteiger partial charge on any atom is -0.508 e. The Balaban J connectivity index is 2.01. The van der Waals surface area contributed by atoms with Crippen molar-refractivity contribution in [3.05, 3.63) is 65.7 Å². The van der Waals surface area contributed by atoms with Crippen molar-refractivity contribution >= 4 is 18.0 Å². The summed E-state index contributed by atoms with van der Waals surface area (Å²) in [5.74, 6) is -0.998. The molecule has 0 spiro atoms. The number of unbranched alkanes of at least 4 members (excludes halogenated alkanes) is 1. The zero-order chi connectivity index (χ0) is 23.3. The number of carbonyl (C=O) groups excluding carboxylic acids is 3. The van der Waals surface area contributed by atoms with Crippen LogP contribution in [0.3, 0.4) is 0 Å². The summed E-state index contributed by atoms with van der Waals surface area (Å²) >= 11 is 0. The van der Waals surface area contributed by atoms with Crippen molar-refractivity contribution in [1.82, 2.24) is 10.6 Å². The topological polar surface area (TPSA) is 114 Å². The number of nitrogens with one attached hydrogen (secondary N) is 2. The van der Waals surface area contributed by atoms with Crippen molar-refractivity contribution in [3.8, 4) is 5.75 Å². The van der Waals surface area contributed by atoms with E-state index >= 15 is 0 Å². The van der Waals surface area contributed by atoms with Gasteiger partial charge in [0.15, 0.2) is 0 Å². The second kappa shape index (κ2) is 13.0. The monoisotopic (exact) mass is 442 g/mol. The molecule has 0 unspecified atom stereocenters. The third kappa shape index (κ3) is 8.29. The highest BCUT2D eigenvalue weighted by atomic mass is 16.5. The molecule has 0 bridgehead atoms. The first kappa shape index (κ1) is 24.7. The lowest BCUT2D eigenvalue weighted by Gasteiger charge is -2.22. The number of benzene rings is 2. The van der Waals surface area contributed by atoms with Gasteiger partial charge >= 0.3 is 12.1 Å². The fraction of sp³-hybridized carbons (Fsp3) is 0.375. The number of alkyl carbamates (subject to hydrolysis) is 1. The summed E-state index contributed by atoms with van der Waals surface area (Å²) in [6.07, 6.45) is 1.41. The normalized spacial score (nSPS) is 12.3. The van der Waals surface area contributed by atoms with Crippen molar-refractivity contribution < 1.29 is 29.0 Å². The van der Waals surface area contributed by atoms with E-state index < -0.39 is 30.1 Å². The predicted molar refractivity (Wildman–Crippen MR) is 119 cm³/mol. The summed E-state index contributed by atoms with van der Waals surface area (Å²) in [4.78, 5) is 37.4. The molecule has 2 atom stereocenters. The number of methoxy groups -OCH3 is 1. The van der Waals surface area contributed by atoms with E-state index in [9.17, 15) is 19.5 Å². The number of ether oxygens (including phenoxy) is 2. The Bertz CT molecular complexity index is 870. The molecule has 0 aliphatic carbocycles. The smallest absolute Gasteiger partial charge is 0.408 e. The molecule has 32 heavy (non-hydrogen) atoms. The Morgan fingerprint density at radius 3 is 2.25 bits per heavy atom. The van der Waals surface area contributed by atoms with Crippen LogP contribution in [-0.2, 0) is 32.1 Å². The van der Waals surface area contributed by atoms with E-state index in [4.69, 9.17) is 9.47 Å². The van der Waals surface area contributed by atoms with Gasteiger partial charge in [0.25, 0.3) is 0 Å². The van der Waals surface area contributed by atoms with Gasteiger partial charge in [-0.3, -0.25) is 4.79 Å². The van der Waals surface area contributed by atoms with Crippen molar-refractivity contribution in [3.63, 3.8) is 0 Å². The molecule has 0 aromatic heterocycles. The van der Waals surface area contributed by atoms with Gasteiger partial charge in [-0.1, -0.05) is 62.2 Å². The van der Waals surface area contributed by atoms with Crippen LogP contribution in [-0.4, -0.2) is 42.3 Å². The van der Waals surface area contributed by atoms with Crippen LogP contribution in [0.1, 0.15) is 37.3 Å². The third-order valence-corrected chi connectivity index (χ3v) is 4.85. The van der Waals surface area contributed by atoms with Crippen LogP contribution < -0.4 is 10.6 Å². The molecule has 2 aromatic carbocycles. The van der Waals surface area contributed by atoms with Crippen molar-refractivity contribution in [2.75, 3.05) is 7.11 Å². The van der Waals surface area contributed by atoms with E-state index in [1.54, 1.807) is 12.1 Å². The molecule has 3 N–H and O–H groups in total. The molecule has 0 heterocycles. The summed E-state index contributed by atoms with van der Waals surface area (Å²) in [7, 11) is 1.24. The molecular formula is C24H30N2O6. The SMILES string of the molecule is CCCC[C@@H](NC(=O)OCc1ccccc1)C(=O)N[C@@H](Cc1ccc(O)cc1)C(=O)OC. The van der Waals surface area contributed by atoms with Gasteiger partial charge in [0, 0.05) is 6.42 Å². The standard InChI is InChI=1S/C24H30N2O6/c1-3-4-10-20(26-24(30)32-16-18-8-6-5-7-9-18)22(28)25-21(23(29)31-2)15-17-11-13-19(27)14-12-17/h5-9,11-14,20-21,27H,3-4,10,15-16H2,1-2H3,(H,25,28)(H,26,30)/t20-,21+/m1/s1. The largest absolute Gasteiger partial charge is 0.508 e. The minimum absolute atomic E-state index is 0.0838. The van der Waals surface area contributed by atoms with E-state index in [2.05, 4.69) is 10.6 Å².